The topological polar surface area (TPSA) is 135 Å². The van der Waals surface area contributed by atoms with Gasteiger partial charge in [-0.25, -0.2) is 10.8 Å². The zero-order valence-corrected chi connectivity index (χ0v) is 10.6. The molecule has 0 fully saturated rings. The first-order chi connectivity index (χ1) is 8.99. The monoisotopic (exact) mass is 268 g/mol. The van der Waals surface area contributed by atoms with Crippen molar-refractivity contribution in [3.8, 4) is 0 Å². The second-order valence-electron chi connectivity index (χ2n) is 3.73. The van der Waals surface area contributed by atoms with Gasteiger partial charge in [-0.2, -0.15) is 0 Å². The summed E-state index contributed by atoms with van der Waals surface area (Å²) in [5.74, 6) is 5.17. The molecule has 9 heteroatoms. The lowest BCUT2D eigenvalue weighted by molar-refractivity contribution is -0.384. The fourth-order valence-electron chi connectivity index (χ4n) is 1.38. The van der Waals surface area contributed by atoms with Gasteiger partial charge in [0, 0.05) is 12.6 Å². The molecule has 0 spiro atoms. The predicted octanol–water partition coefficient (Wildman–Crippen LogP) is 0.212. The Morgan fingerprint density at radius 3 is 2.79 bits per heavy atom. The maximum Gasteiger partial charge on any atom is 0.311 e. The van der Waals surface area contributed by atoms with Crippen molar-refractivity contribution in [3.05, 3.63) is 22.2 Å². The number of nitrogens with two attached hydrogens (primary N) is 1. The van der Waals surface area contributed by atoms with Crippen LogP contribution in [-0.4, -0.2) is 28.4 Å². The highest BCUT2D eigenvalue weighted by Crippen LogP contribution is 2.24. The van der Waals surface area contributed by atoms with E-state index < -0.39 is 11.0 Å². The van der Waals surface area contributed by atoms with E-state index in [0.29, 0.717) is 6.54 Å². The van der Waals surface area contributed by atoms with E-state index >= 15 is 0 Å². The molecule has 1 aromatic rings. The molecule has 0 aliphatic rings. The minimum absolute atomic E-state index is 0.0146. The van der Waals surface area contributed by atoms with Crippen molar-refractivity contribution >= 4 is 23.2 Å². The number of nitrogens with one attached hydrogen (secondary N) is 3. The number of aromatic nitrogens is 1. The largest absolute Gasteiger partial charge is 0.355 e. The Bertz CT molecular complexity index is 478. The van der Waals surface area contributed by atoms with Gasteiger partial charge in [0.1, 0.15) is 11.9 Å². The summed E-state index contributed by atoms with van der Waals surface area (Å²) in [5, 5.41) is 16.2. The Balaban J connectivity index is 2.97. The summed E-state index contributed by atoms with van der Waals surface area (Å²) >= 11 is 0. The van der Waals surface area contributed by atoms with E-state index in [-0.39, 0.29) is 23.2 Å². The van der Waals surface area contributed by atoms with Gasteiger partial charge in [-0.05, 0) is 19.9 Å². The molecule has 19 heavy (non-hydrogen) atoms. The number of nitrogen functional groups attached to an aromatic ring is 1. The van der Waals surface area contributed by atoms with Gasteiger partial charge in [0.2, 0.25) is 11.7 Å². The van der Waals surface area contributed by atoms with E-state index in [1.807, 2.05) is 0 Å². The van der Waals surface area contributed by atoms with Gasteiger partial charge in [0.25, 0.3) is 0 Å². The quantitative estimate of drug-likeness (QED) is 0.329. The van der Waals surface area contributed by atoms with Gasteiger partial charge in [-0.1, -0.05) is 0 Å². The molecule has 1 heterocycles. The molecule has 1 rings (SSSR count). The number of nitro groups is 1. The molecule has 0 aliphatic heterocycles. The first kappa shape index (κ1) is 14.6. The van der Waals surface area contributed by atoms with Gasteiger partial charge in [-0.3, -0.25) is 14.9 Å². The van der Waals surface area contributed by atoms with E-state index in [0.717, 1.165) is 0 Å². The van der Waals surface area contributed by atoms with Crippen molar-refractivity contribution in [3.63, 3.8) is 0 Å². The molecule has 1 aromatic heterocycles. The normalized spacial score (nSPS) is 11.5. The van der Waals surface area contributed by atoms with Crippen LogP contribution in [0, 0.1) is 10.1 Å². The average molecular weight is 268 g/mol. The van der Waals surface area contributed by atoms with E-state index in [1.54, 1.807) is 13.8 Å². The predicted molar refractivity (Wildman–Crippen MR) is 70.5 cm³/mol. The number of pyridine rings is 1. The van der Waals surface area contributed by atoms with E-state index in [1.165, 1.54) is 12.1 Å². The minimum Gasteiger partial charge on any atom is -0.355 e. The second kappa shape index (κ2) is 6.50. The number of hydrazine groups is 1. The lowest BCUT2D eigenvalue weighted by Crippen LogP contribution is -2.37. The fraction of sp³-hybridized carbons (Fsp3) is 0.400. The number of anilines is 2. The van der Waals surface area contributed by atoms with Gasteiger partial charge in [0.15, 0.2) is 0 Å². The molecule has 0 saturated heterocycles. The molecular weight excluding hydrogens is 252 g/mol. The molecule has 1 unspecified atom stereocenters. The number of carbonyl (C=O) groups excluding carboxylic acids is 1. The summed E-state index contributed by atoms with van der Waals surface area (Å²) in [4.78, 5) is 25.8. The summed E-state index contributed by atoms with van der Waals surface area (Å²) in [6.45, 7) is 3.84. The van der Waals surface area contributed by atoms with E-state index in [4.69, 9.17) is 5.84 Å². The minimum atomic E-state index is -0.654. The number of likely N-dealkylation sites (N-methyl/N-ethyl adjacent to an activating group) is 1. The lowest BCUT2D eigenvalue weighted by Gasteiger charge is -2.14. The van der Waals surface area contributed by atoms with Crippen LogP contribution in [0.2, 0.25) is 0 Å². The Kier molecular flexibility index (Phi) is 5.01. The number of nitrogens with zero attached hydrogens (tertiary/aromatic N) is 2. The lowest BCUT2D eigenvalue weighted by atomic mass is 10.3. The zero-order chi connectivity index (χ0) is 14.4. The van der Waals surface area contributed by atoms with Crippen LogP contribution < -0.4 is 21.9 Å². The molecule has 1 amide bonds. The smallest absolute Gasteiger partial charge is 0.311 e. The maximum atomic E-state index is 11.6. The number of hydrogen-bond acceptors (Lipinski definition) is 7. The molecular formula is C10H16N6O3. The molecule has 0 aliphatic carbocycles. The maximum absolute atomic E-state index is 11.6. The van der Waals surface area contributed by atoms with Crippen LogP contribution in [0.5, 0.6) is 0 Å². The number of amides is 1. The number of rotatable bonds is 6. The van der Waals surface area contributed by atoms with Crippen LogP contribution in [-0.2, 0) is 4.79 Å². The van der Waals surface area contributed by atoms with Gasteiger partial charge < -0.3 is 16.1 Å². The van der Waals surface area contributed by atoms with Crippen LogP contribution in [0.4, 0.5) is 17.3 Å². The van der Waals surface area contributed by atoms with Crippen molar-refractivity contribution in [2.24, 2.45) is 5.84 Å². The van der Waals surface area contributed by atoms with Crippen LogP contribution in [0.15, 0.2) is 12.1 Å². The van der Waals surface area contributed by atoms with Crippen molar-refractivity contribution in [1.29, 1.82) is 0 Å². The molecule has 9 nitrogen and oxygen atoms in total. The third kappa shape index (κ3) is 3.78. The Morgan fingerprint density at radius 2 is 2.26 bits per heavy atom. The highest BCUT2D eigenvalue weighted by Gasteiger charge is 2.20. The van der Waals surface area contributed by atoms with Gasteiger partial charge >= 0.3 is 5.69 Å². The SMILES string of the molecule is CCNC(=O)C(C)Nc1nc(NN)ccc1[N+](=O)[O-]. The summed E-state index contributed by atoms with van der Waals surface area (Å²) in [7, 11) is 0. The zero-order valence-electron chi connectivity index (χ0n) is 10.6. The molecule has 0 saturated carbocycles. The van der Waals surface area contributed by atoms with Crippen molar-refractivity contribution in [2.45, 2.75) is 19.9 Å². The molecule has 1 atom stereocenters. The van der Waals surface area contributed by atoms with Crippen molar-refractivity contribution in [2.75, 3.05) is 17.3 Å². The van der Waals surface area contributed by atoms with Crippen LogP contribution in [0.1, 0.15) is 13.8 Å². The van der Waals surface area contributed by atoms with Crippen LogP contribution in [0.25, 0.3) is 0 Å². The Labute approximate surface area is 109 Å². The molecule has 104 valence electrons. The molecule has 0 radical (unpaired) electrons. The van der Waals surface area contributed by atoms with Crippen LogP contribution in [0.3, 0.4) is 0 Å². The first-order valence-electron chi connectivity index (χ1n) is 5.65. The molecule has 5 N–H and O–H groups in total. The van der Waals surface area contributed by atoms with Gasteiger partial charge in [-0.15, -0.1) is 0 Å². The third-order valence-electron chi connectivity index (χ3n) is 2.32. The second-order valence-corrected chi connectivity index (χ2v) is 3.73. The van der Waals surface area contributed by atoms with Crippen molar-refractivity contribution in [1.82, 2.24) is 10.3 Å². The molecule has 0 bridgehead atoms. The fourth-order valence-corrected chi connectivity index (χ4v) is 1.38. The van der Waals surface area contributed by atoms with Gasteiger partial charge in [0.05, 0.1) is 4.92 Å². The third-order valence-corrected chi connectivity index (χ3v) is 2.32. The Hall–Kier alpha value is -2.42. The summed E-state index contributed by atoms with van der Waals surface area (Å²) in [6.07, 6.45) is 0. The molecule has 0 aromatic carbocycles. The van der Waals surface area contributed by atoms with E-state index in [2.05, 4.69) is 21.0 Å². The standard InChI is InChI=1S/C10H16N6O3/c1-3-12-10(17)6(2)13-9-7(16(18)19)4-5-8(14-9)15-11/h4-6H,3,11H2,1-2H3,(H,12,17)(H2,13,14,15). The first-order valence-corrected chi connectivity index (χ1v) is 5.65. The highest BCUT2D eigenvalue weighted by molar-refractivity contribution is 5.84. The summed E-state index contributed by atoms with van der Waals surface area (Å²) < 4.78 is 0. The number of carbonyl (C=O) groups is 1. The van der Waals surface area contributed by atoms with Crippen LogP contribution >= 0.6 is 0 Å². The summed E-state index contributed by atoms with van der Waals surface area (Å²) in [5.41, 5.74) is 2.06. The average Bonchev–Trinajstić information content (AvgIpc) is 2.38. The Morgan fingerprint density at radius 1 is 1.58 bits per heavy atom. The summed E-state index contributed by atoms with van der Waals surface area (Å²) in [6, 6.07) is 1.98. The number of hydrogen-bond donors (Lipinski definition) is 4. The van der Waals surface area contributed by atoms with E-state index in [9.17, 15) is 14.9 Å². The van der Waals surface area contributed by atoms with Crippen molar-refractivity contribution < 1.29 is 9.72 Å². The highest BCUT2D eigenvalue weighted by atomic mass is 16.6.